The van der Waals surface area contributed by atoms with Crippen LogP contribution >= 0.6 is 0 Å². The molecule has 0 aliphatic rings. The summed E-state index contributed by atoms with van der Waals surface area (Å²) in [5.74, 6) is 2.67. The van der Waals surface area contributed by atoms with Crippen molar-refractivity contribution in [2.24, 2.45) is 0 Å². The second-order valence-electron chi connectivity index (χ2n) is 4.63. The van der Waals surface area contributed by atoms with Gasteiger partial charge < -0.3 is 0 Å². The van der Waals surface area contributed by atoms with E-state index in [4.69, 9.17) is 6.42 Å². The van der Waals surface area contributed by atoms with Gasteiger partial charge in [-0.05, 0) is 12.6 Å². The molecule has 1 aromatic rings. The smallest absolute Gasteiger partial charge is 0.0596 e. The lowest BCUT2D eigenvalue weighted by Crippen LogP contribution is -2.34. The lowest BCUT2D eigenvalue weighted by atomic mass is 9.84. The van der Waals surface area contributed by atoms with E-state index in [-0.39, 0.29) is 5.41 Å². The summed E-state index contributed by atoms with van der Waals surface area (Å²) in [7, 11) is 2.06. The van der Waals surface area contributed by atoms with Crippen molar-refractivity contribution in [3.05, 3.63) is 35.9 Å². The average Bonchev–Trinajstić information content (AvgIpc) is 2.18. The molecular weight excluding hydrogens is 182 g/mol. The lowest BCUT2D eigenvalue weighted by Gasteiger charge is -2.29. The molecule has 0 N–H and O–H groups in total. The molecule has 0 aromatic heterocycles. The van der Waals surface area contributed by atoms with Crippen LogP contribution in [0.1, 0.15) is 19.4 Å². The first kappa shape index (κ1) is 11.8. The van der Waals surface area contributed by atoms with Gasteiger partial charge in [0.05, 0.1) is 6.54 Å². The van der Waals surface area contributed by atoms with Gasteiger partial charge in [-0.1, -0.05) is 50.1 Å². The van der Waals surface area contributed by atoms with Gasteiger partial charge in [0.2, 0.25) is 0 Å². The summed E-state index contributed by atoms with van der Waals surface area (Å²) < 4.78 is 0. The Balaban J connectivity index is 2.72. The molecule has 1 rings (SSSR count). The van der Waals surface area contributed by atoms with Gasteiger partial charge in [0, 0.05) is 12.0 Å². The second kappa shape index (κ2) is 5.00. The van der Waals surface area contributed by atoms with Gasteiger partial charge in [-0.3, -0.25) is 4.90 Å². The Morgan fingerprint density at radius 1 is 1.27 bits per heavy atom. The molecule has 15 heavy (non-hydrogen) atoms. The Kier molecular flexibility index (Phi) is 3.94. The number of hydrogen-bond donors (Lipinski definition) is 0. The largest absolute Gasteiger partial charge is 0.295 e. The van der Waals surface area contributed by atoms with Crippen molar-refractivity contribution in [1.29, 1.82) is 0 Å². The molecule has 80 valence electrons. The summed E-state index contributed by atoms with van der Waals surface area (Å²) in [4.78, 5) is 2.17. The molecule has 0 radical (unpaired) electrons. The summed E-state index contributed by atoms with van der Waals surface area (Å²) in [6, 6.07) is 10.6. The van der Waals surface area contributed by atoms with Gasteiger partial charge in [-0.25, -0.2) is 0 Å². The van der Waals surface area contributed by atoms with Crippen LogP contribution < -0.4 is 0 Å². The molecule has 0 aliphatic carbocycles. The van der Waals surface area contributed by atoms with Crippen LogP contribution in [0.4, 0.5) is 0 Å². The van der Waals surface area contributed by atoms with Gasteiger partial charge in [0.15, 0.2) is 0 Å². The first-order valence-corrected chi connectivity index (χ1v) is 5.24. The molecule has 1 aromatic carbocycles. The predicted octanol–water partition coefficient (Wildman–Crippen LogP) is 2.53. The third-order valence-electron chi connectivity index (χ3n) is 2.58. The predicted molar refractivity (Wildman–Crippen MR) is 65.8 cm³/mol. The van der Waals surface area contributed by atoms with Gasteiger partial charge >= 0.3 is 0 Å². The maximum absolute atomic E-state index is 5.30. The Bertz CT molecular complexity index is 332. The molecule has 0 bridgehead atoms. The van der Waals surface area contributed by atoms with Gasteiger partial charge in [-0.15, -0.1) is 6.42 Å². The Morgan fingerprint density at radius 2 is 1.87 bits per heavy atom. The highest BCUT2D eigenvalue weighted by molar-refractivity contribution is 5.23. The van der Waals surface area contributed by atoms with Crippen molar-refractivity contribution < 1.29 is 0 Å². The van der Waals surface area contributed by atoms with Crippen molar-refractivity contribution in [3.63, 3.8) is 0 Å². The molecule has 0 saturated carbocycles. The quantitative estimate of drug-likeness (QED) is 0.677. The van der Waals surface area contributed by atoms with Crippen LogP contribution in [0.15, 0.2) is 30.3 Å². The van der Waals surface area contributed by atoms with E-state index in [9.17, 15) is 0 Å². The molecule has 0 unspecified atom stereocenters. The highest BCUT2D eigenvalue weighted by Gasteiger charge is 2.21. The summed E-state index contributed by atoms with van der Waals surface area (Å²) in [5.41, 5.74) is 1.50. The zero-order valence-corrected chi connectivity index (χ0v) is 9.83. The van der Waals surface area contributed by atoms with E-state index in [1.807, 2.05) is 6.07 Å². The van der Waals surface area contributed by atoms with Crippen LogP contribution in [-0.4, -0.2) is 25.0 Å². The number of benzene rings is 1. The zero-order chi connectivity index (χ0) is 11.3. The highest BCUT2D eigenvalue weighted by Crippen LogP contribution is 2.23. The van der Waals surface area contributed by atoms with Crippen LogP contribution in [0.2, 0.25) is 0 Å². The number of terminal acetylenes is 1. The van der Waals surface area contributed by atoms with E-state index >= 15 is 0 Å². The van der Waals surface area contributed by atoms with Crippen LogP contribution in [0.5, 0.6) is 0 Å². The molecule has 1 heteroatoms. The minimum absolute atomic E-state index is 0.146. The molecule has 0 saturated heterocycles. The number of likely N-dealkylation sites (N-methyl/N-ethyl adjacent to an activating group) is 1. The van der Waals surface area contributed by atoms with Gasteiger partial charge in [-0.2, -0.15) is 0 Å². The molecule has 0 atom stereocenters. The number of rotatable bonds is 4. The Hall–Kier alpha value is -1.26. The fourth-order valence-electron chi connectivity index (χ4n) is 1.87. The number of hydrogen-bond acceptors (Lipinski definition) is 1. The van der Waals surface area contributed by atoms with E-state index < -0.39 is 0 Å². The van der Waals surface area contributed by atoms with Gasteiger partial charge in [0.1, 0.15) is 0 Å². The topological polar surface area (TPSA) is 3.24 Å². The summed E-state index contributed by atoms with van der Waals surface area (Å²) in [5, 5.41) is 0. The SMILES string of the molecule is C#CCN(C)CC(C)(C)c1ccccc1. The van der Waals surface area contributed by atoms with E-state index in [1.165, 1.54) is 5.56 Å². The monoisotopic (exact) mass is 201 g/mol. The van der Waals surface area contributed by atoms with E-state index in [2.05, 4.69) is 56.0 Å². The molecule has 0 heterocycles. The average molecular weight is 201 g/mol. The van der Waals surface area contributed by atoms with Crippen LogP contribution in [0.25, 0.3) is 0 Å². The lowest BCUT2D eigenvalue weighted by molar-refractivity contribution is 0.294. The van der Waals surface area contributed by atoms with Crippen molar-refractivity contribution in [2.75, 3.05) is 20.1 Å². The Morgan fingerprint density at radius 3 is 2.40 bits per heavy atom. The van der Waals surface area contributed by atoms with Crippen molar-refractivity contribution in [2.45, 2.75) is 19.3 Å². The first-order valence-electron chi connectivity index (χ1n) is 5.24. The molecule has 1 nitrogen and oxygen atoms in total. The summed E-state index contributed by atoms with van der Waals surface area (Å²) in [6.07, 6.45) is 5.30. The first-order chi connectivity index (χ1) is 7.06. The maximum Gasteiger partial charge on any atom is 0.0596 e. The minimum atomic E-state index is 0.146. The molecule has 0 spiro atoms. The third-order valence-corrected chi connectivity index (χ3v) is 2.58. The molecule has 0 amide bonds. The van der Waals surface area contributed by atoms with Crippen molar-refractivity contribution in [3.8, 4) is 12.3 Å². The molecule has 0 fully saturated rings. The van der Waals surface area contributed by atoms with E-state index in [0.29, 0.717) is 6.54 Å². The van der Waals surface area contributed by atoms with Crippen molar-refractivity contribution in [1.82, 2.24) is 4.90 Å². The van der Waals surface area contributed by atoms with Crippen LogP contribution in [0.3, 0.4) is 0 Å². The normalized spacial score (nSPS) is 11.4. The van der Waals surface area contributed by atoms with Crippen molar-refractivity contribution >= 4 is 0 Å². The van der Waals surface area contributed by atoms with Crippen LogP contribution in [-0.2, 0) is 5.41 Å². The number of nitrogens with zero attached hydrogens (tertiary/aromatic N) is 1. The van der Waals surface area contributed by atoms with E-state index in [0.717, 1.165) is 6.54 Å². The summed E-state index contributed by atoms with van der Waals surface area (Å²) >= 11 is 0. The Labute approximate surface area is 93.1 Å². The zero-order valence-electron chi connectivity index (χ0n) is 9.83. The minimum Gasteiger partial charge on any atom is -0.295 e. The fraction of sp³-hybridized carbons (Fsp3) is 0.429. The molecular formula is C14H19N. The molecule has 0 aliphatic heterocycles. The van der Waals surface area contributed by atoms with E-state index in [1.54, 1.807) is 0 Å². The van der Waals surface area contributed by atoms with Gasteiger partial charge in [0.25, 0.3) is 0 Å². The maximum atomic E-state index is 5.30. The fourth-order valence-corrected chi connectivity index (χ4v) is 1.87. The van der Waals surface area contributed by atoms with Crippen LogP contribution in [0, 0.1) is 12.3 Å². The highest BCUT2D eigenvalue weighted by atomic mass is 15.1. The standard InChI is InChI=1S/C14H19N/c1-5-11-15(4)12-14(2,3)13-9-7-6-8-10-13/h1,6-10H,11-12H2,2-4H3. The second-order valence-corrected chi connectivity index (χ2v) is 4.63. The third kappa shape index (κ3) is 3.42. The summed E-state index contributed by atoms with van der Waals surface area (Å²) in [6.45, 7) is 6.17.